The molecule has 2 aliphatic carbocycles. The average Bonchev–Trinajstić information content (AvgIpc) is 3.64. The Labute approximate surface area is 242 Å². The number of aromatic nitrogens is 2. The SMILES string of the molecule is CC(C)OC(=O)NC1CCC(c2ncc(-c3ccc(Nc4ncc(Cl)cc4Cl)cc3S(=O)(=O)C3CC3)s2)CC1. The predicted octanol–water partition coefficient (Wildman–Crippen LogP) is 7.35. The van der Waals surface area contributed by atoms with Crippen molar-refractivity contribution in [1.29, 1.82) is 0 Å². The molecule has 2 N–H and O–H groups in total. The Morgan fingerprint density at radius 2 is 1.79 bits per heavy atom. The molecule has 0 bridgehead atoms. The Bertz CT molecular complexity index is 1470. The molecule has 2 fully saturated rings. The van der Waals surface area contributed by atoms with Gasteiger partial charge in [-0.05, 0) is 70.6 Å². The molecule has 8 nitrogen and oxygen atoms in total. The second kappa shape index (κ2) is 11.6. The summed E-state index contributed by atoms with van der Waals surface area (Å²) in [5.74, 6) is 0.664. The summed E-state index contributed by atoms with van der Waals surface area (Å²) in [7, 11) is -3.51. The number of halogens is 2. The van der Waals surface area contributed by atoms with Gasteiger partial charge in [0.15, 0.2) is 9.84 Å². The van der Waals surface area contributed by atoms with Crippen LogP contribution in [0.1, 0.15) is 63.3 Å². The summed E-state index contributed by atoms with van der Waals surface area (Å²) in [6.45, 7) is 3.66. The Balaban J connectivity index is 1.35. The van der Waals surface area contributed by atoms with E-state index in [0.29, 0.717) is 40.0 Å². The molecule has 12 heteroatoms. The monoisotopic (exact) mass is 608 g/mol. The molecule has 1 aromatic carbocycles. The summed E-state index contributed by atoms with van der Waals surface area (Å²) in [4.78, 5) is 22.0. The van der Waals surface area contributed by atoms with E-state index in [0.717, 1.165) is 35.6 Å². The number of anilines is 2. The minimum absolute atomic E-state index is 0.0888. The standard InChI is InChI=1S/C27H30Cl2N4O4S2/c1-15(2)37-27(34)33-18-5-3-16(4-6-18)26-31-14-23(38-26)21-10-7-19(12-24(21)39(35,36)20-8-9-20)32-25-22(29)11-17(28)13-30-25/h7,10-16,18,20H,3-6,8-9H2,1-2H3,(H,30,32)(H,33,34). The first kappa shape index (κ1) is 28.1. The molecule has 0 radical (unpaired) electrons. The zero-order valence-electron chi connectivity index (χ0n) is 21.6. The van der Waals surface area contributed by atoms with Gasteiger partial charge in [0.1, 0.15) is 5.82 Å². The highest BCUT2D eigenvalue weighted by molar-refractivity contribution is 7.92. The fourth-order valence-electron chi connectivity index (χ4n) is 4.74. The predicted molar refractivity (Wildman–Crippen MR) is 155 cm³/mol. The third kappa shape index (κ3) is 6.67. The number of pyridine rings is 1. The van der Waals surface area contributed by atoms with E-state index in [9.17, 15) is 13.2 Å². The van der Waals surface area contributed by atoms with Crippen molar-refractivity contribution < 1.29 is 17.9 Å². The van der Waals surface area contributed by atoms with Crippen LogP contribution >= 0.6 is 34.5 Å². The Hall–Kier alpha value is -2.40. The zero-order chi connectivity index (χ0) is 27.7. The van der Waals surface area contributed by atoms with Crippen molar-refractivity contribution in [3.05, 3.63) is 51.7 Å². The van der Waals surface area contributed by atoms with Crippen molar-refractivity contribution in [1.82, 2.24) is 15.3 Å². The number of hydrogen-bond acceptors (Lipinski definition) is 8. The molecule has 0 aliphatic heterocycles. The number of amides is 1. The first-order chi connectivity index (χ1) is 18.6. The van der Waals surface area contributed by atoms with E-state index >= 15 is 0 Å². The number of carbonyl (C=O) groups is 1. The second-order valence-corrected chi connectivity index (χ2v) is 14.4. The van der Waals surface area contributed by atoms with Gasteiger partial charge in [-0.1, -0.05) is 29.3 Å². The molecule has 2 aromatic heterocycles. The third-order valence-electron chi connectivity index (χ3n) is 6.85. The number of nitrogens with one attached hydrogen (secondary N) is 2. The maximum Gasteiger partial charge on any atom is 0.407 e. The van der Waals surface area contributed by atoms with Gasteiger partial charge in [0.05, 0.1) is 36.2 Å². The van der Waals surface area contributed by atoms with E-state index in [-0.39, 0.29) is 34.3 Å². The largest absolute Gasteiger partial charge is 0.447 e. The van der Waals surface area contributed by atoms with Crippen LogP contribution in [0.5, 0.6) is 0 Å². The van der Waals surface area contributed by atoms with E-state index in [1.807, 2.05) is 26.0 Å². The highest BCUT2D eigenvalue weighted by atomic mass is 35.5. The van der Waals surface area contributed by atoms with Crippen LogP contribution in [-0.4, -0.2) is 41.9 Å². The molecule has 0 unspecified atom stereocenters. The number of ether oxygens (including phenoxy) is 1. The minimum atomic E-state index is -3.51. The highest BCUT2D eigenvalue weighted by Crippen LogP contribution is 2.43. The molecule has 1 amide bonds. The number of rotatable bonds is 8. The number of carbonyl (C=O) groups excluding carboxylic acids is 1. The number of alkyl carbamates (subject to hydrolysis) is 1. The van der Waals surface area contributed by atoms with E-state index in [1.54, 1.807) is 18.3 Å². The summed E-state index contributed by atoms with van der Waals surface area (Å²) in [5.41, 5.74) is 1.22. The molecule has 3 aromatic rings. The molecular formula is C27H30Cl2N4O4S2. The van der Waals surface area contributed by atoms with Gasteiger partial charge < -0.3 is 15.4 Å². The lowest BCUT2D eigenvalue weighted by Crippen LogP contribution is -2.38. The summed E-state index contributed by atoms with van der Waals surface area (Å²) < 4.78 is 32.1. The summed E-state index contributed by atoms with van der Waals surface area (Å²) in [5, 5.41) is 7.45. The topological polar surface area (TPSA) is 110 Å². The van der Waals surface area contributed by atoms with E-state index < -0.39 is 9.84 Å². The number of nitrogens with zero attached hydrogens (tertiary/aromatic N) is 2. The molecule has 5 rings (SSSR count). The smallest absolute Gasteiger partial charge is 0.407 e. The van der Waals surface area contributed by atoms with Crippen LogP contribution in [0.2, 0.25) is 10.0 Å². The number of thiazole rings is 1. The summed E-state index contributed by atoms with van der Waals surface area (Å²) >= 11 is 13.8. The molecule has 0 spiro atoms. The van der Waals surface area contributed by atoms with Crippen molar-refractivity contribution in [2.75, 3.05) is 5.32 Å². The van der Waals surface area contributed by atoms with Gasteiger partial charge in [0.2, 0.25) is 0 Å². The van der Waals surface area contributed by atoms with Gasteiger partial charge in [0, 0.05) is 35.6 Å². The molecule has 2 aliphatic rings. The van der Waals surface area contributed by atoms with Crippen LogP contribution in [0.4, 0.5) is 16.3 Å². The average molecular weight is 610 g/mol. The molecule has 2 saturated carbocycles. The minimum Gasteiger partial charge on any atom is -0.447 e. The van der Waals surface area contributed by atoms with E-state index in [4.69, 9.17) is 32.9 Å². The van der Waals surface area contributed by atoms with Crippen molar-refractivity contribution >= 4 is 62.0 Å². The maximum atomic E-state index is 13.5. The first-order valence-corrected chi connectivity index (χ1v) is 16.1. The number of sulfone groups is 1. The fraction of sp³-hybridized carbons (Fsp3) is 0.444. The van der Waals surface area contributed by atoms with Crippen molar-refractivity contribution in [2.45, 2.75) is 80.6 Å². The Morgan fingerprint density at radius 3 is 2.46 bits per heavy atom. The third-order valence-corrected chi connectivity index (χ3v) is 10.8. The Morgan fingerprint density at radius 1 is 1.05 bits per heavy atom. The van der Waals surface area contributed by atoms with Gasteiger partial charge >= 0.3 is 6.09 Å². The van der Waals surface area contributed by atoms with Crippen LogP contribution in [0.15, 0.2) is 41.6 Å². The van der Waals surface area contributed by atoms with Gasteiger partial charge in [-0.3, -0.25) is 0 Å². The first-order valence-electron chi connectivity index (χ1n) is 13.0. The normalized spacial score (nSPS) is 19.6. The second-order valence-electron chi connectivity index (χ2n) is 10.3. The summed E-state index contributed by atoms with van der Waals surface area (Å²) in [6, 6.07) is 6.96. The van der Waals surface area contributed by atoms with Gasteiger partial charge in [0.25, 0.3) is 0 Å². The highest BCUT2D eigenvalue weighted by Gasteiger charge is 2.39. The maximum absolute atomic E-state index is 13.5. The lowest BCUT2D eigenvalue weighted by atomic mass is 9.86. The van der Waals surface area contributed by atoms with Crippen LogP contribution in [0, 0.1) is 0 Å². The molecule has 208 valence electrons. The van der Waals surface area contributed by atoms with Crippen LogP contribution in [0.3, 0.4) is 0 Å². The number of hydrogen-bond donors (Lipinski definition) is 2. The van der Waals surface area contributed by atoms with Crippen molar-refractivity contribution in [3.8, 4) is 10.4 Å². The lowest BCUT2D eigenvalue weighted by Gasteiger charge is -2.28. The molecule has 0 saturated heterocycles. The lowest BCUT2D eigenvalue weighted by molar-refractivity contribution is 0.109. The van der Waals surface area contributed by atoms with Gasteiger partial charge in [-0.25, -0.2) is 23.2 Å². The molecule has 39 heavy (non-hydrogen) atoms. The molecule has 2 heterocycles. The van der Waals surface area contributed by atoms with Crippen LogP contribution < -0.4 is 10.6 Å². The fourth-order valence-corrected chi connectivity index (χ4v) is 8.25. The van der Waals surface area contributed by atoms with Crippen LogP contribution in [-0.2, 0) is 14.6 Å². The van der Waals surface area contributed by atoms with Crippen LogP contribution in [0.25, 0.3) is 10.4 Å². The molecule has 0 atom stereocenters. The van der Waals surface area contributed by atoms with Crippen molar-refractivity contribution in [3.63, 3.8) is 0 Å². The van der Waals surface area contributed by atoms with Gasteiger partial charge in [-0.2, -0.15) is 0 Å². The van der Waals surface area contributed by atoms with Gasteiger partial charge in [-0.15, -0.1) is 11.3 Å². The quantitative estimate of drug-likeness (QED) is 0.275. The molecular weight excluding hydrogens is 579 g/mol. The van der Waals surface area contributed by atoms with E-state index in [1.165, 1.54) is 17.5 Å². The zero-order valence-corrected chi connectivity index (χ0v) is 24.8. The number of benzene rings is 1. The van der Waals surface area contributed by atoms with Crippen molar-refractivity contribution in [2.24, 2.45) is 0 Å². The van der Waals surface area contributed by atoms with E-state index in [2.05, 4.69) is 15.6 Å². The summed E-state index contributed by atoms with van der Waals surface area (Å²) in [6.07, 6.45) is 7.53. The Kier molecular flexibility index (Phi) is 8.37.